The van der Waals surface area contributed by atoms with Crippen LogP contribution in [0.2, 0.25) is 0 Å². The van der Waals surface area contributed by atoms with Crippen molar-refractivity contribution in [2.45, 2.75) is 12.3 Å². The lowest BCUT2D eigenvalue weighted by Crippen LogP contribution is -2.16. The van der Waals surface area contributed by atoms with Crippen molar-refractivity contribution in [3.05, 3.63) is 119 Å². The first-order chi connectivity index (χ1) is 12.3. The maximum Gasteiger partial charge on any atom is 0.0282 e. The minimum absolute atomic E-state index is 0.205. The summed E-state index contributed by atoms with van der Waals surface area (Å²) in [5.74, 6) is 0.205. The maximum absolute atomic E-state index is 6.66. The summed E-state index contributed by atoms with van der Waals surface area (Å²) >= 11 is 0. The Morgan fingerprint density at radius 3 is 1.76 bits per heavy atom. The van der Waals surface area contributed by atoms with Gasteiger partial charge in [-0.1, -0.05) is 91.0 Å². The van der Waals surface area contributed by atoms with Gasteiger partial charge in [-0.05, 0) is 34.8 Å². The number of hydrogen-bond acceptors (Lipinski definition) is 1. The van der Waals surface area contributed by atoms with Gasteiger partial charge in [-0.2, -0.15) is 0 Å². The fourth-order valence-corrected chi connectivity index (χ4v) is 3.54. The highest BCUT2D eigenvalue weighted by atomic mass is 14.6. The van der Waals surface area contributed by atoms with Crippen LogP contribution in [0, 0.1) is 0 Å². The van der Waals surface area contributed by atoms with Crippen molar-refractivity contribution in [3.8, 4) is 0 Å². The van der Waals surface area contributed by atoms with Gasteiger partial charge < -0.3 is 5.73 Å². The van der Waals surface area contributed by atoms with Crippen LogP contribution in [0.25, 0.3) is 11.1 Å². The van der Waals surface area contributed by atoms with E-state index in [4.69, 9.17) is 5.73 Å². The van der Waals surface area contributed by atoms with Gasteiger partial charge in [0.2, 0.25) is 0 Å². The highest BCUT2D eigenvalue weighted by Gasteiger charge is 2.24. The molecule has 3 aromatic carbocycles. The molecule has 0 heterocycles. The maximum atomic E-state index is 6.66. The normalized spacial score (nSPS) is 17.3. The molecule has 0 amide bonds. The number of hydrogen-bond donors (Lipinski definition) is 1. The minimum atomic E-state index is 0.205. The quantitative estimate of drug-likeness (QED) is 0.664. The summed E-state index contributed by atoms with van der Waals surface area (Å²) in [4.78, 5) is 0. The van der Waals surface area contributed by atoms with Crippen LogP contribution in [0.1, 0.15) is 29.0 Å². The van der Waals surface area contributed by atoms with E-state index in [1.54, 1.807) is 0 Å². The highest BCUT2D eigenvalue weighted by Crippen LogP contribution is 2.41. The lowest BCUT2D eigenvalue weighted by Gasteiger charge is -2.27. The van der Waals surface area contributed by atoms with Gasteiger partial charge in [0, 0.05) is 17.2 Å². The highest BCUT2D eigenvalue weighted by molar-refractivity contribution is 5.88. The van der Waals surface area contributed by atoms with Gasteiger partial charge in [0.1, 0.15) is 0 Å². The summed E-state index contributed by atoms with van der Waals surface area (Å²) in [6.07, 6.45) is 3.19. The smallest absolute Gasteiger partial charge is 0.0282 e. The molecule has 1 nitrogen and oxygen atoms in total. The molecule has 3 aromatic rings. The van der Waals surface area contributed by atoms with Gasteiger partial charge in [0.15, 0.2) is 0 Å². The topological polar surface area (TPSA) is 26.0 Å². The summed E-state index contributed by atoms with van der Waals surface area (Å²) in [6, 6.07) is 31.6. The van der Waals surface area contributed by atoms with Crippen LogP contribution in [0.3, 0.4) is 0 Å². The van der Waals surface area contributed by atoms with Crippen LogP contribution in [-0.2, 0) is 0 Å². The Labute approximate surface area is 149 Å². The van der Waals surface area contributed by atoms with E-state index in [1.807, 2.05) is 6.07 Å². The average Bonchev–Trinajstić information content (AvgIpc) is 2.70. The lowest BCUT2D eigenvalue weighted by molar-refractivity contribution is 0.802. The molecule has 4 rings (SSSR count). The molecular formula is C24H21N. The van der Waals surface area contributed by atoms with Crippen molar-refractivity contribution in [1.82, 2.24) is 0 Å². The number of nitrogens with two attached hydrogens (primary N) is 1. The van der Waals surface area contributed by atoms with E-state index < -0.39 is 0 Å². The summed E-state index contributed by atoms with van der Waals surface area (Å²) in [5, 5.41) is 0. The predicted molar refractivity (Wildman–Crippen MR) is 106 cm³/mol. The molecule has 1 heteroatoms. The molecule has 1 unspecified atom stereocenters. The van der Waals surface area contributed by atoms with Crippen molar-refractivity contribution in [3.63, 3.8) is 0 Å². The van der Waals surface area contributed by atoms with Crippen LogP contribution >= 0.6 is 0 Å². The van der Waals surface area contributed by atoms with Crippen molar-refractivity contribution in [1.29, 1.82) is 0 Å². The van der Waals surface area contributed by atoms with Gasteiger partial charge >= 0.3 is 0 Å². The molecule has 0 spiro atoms. The van der Waals surface area contributed by atoms with Crippen LogP contribution in [0.4, 0.5) is 0 Å². The summed E-state index contributed by atoms with van der Waals surface area (Å²) < 4.78 is 0. The first-order valence-electron chi connectivity index (χ1n) is 8.69. The van der Waals surface area contributed by atoms with Gasteiger partial charge in [0.05, 0.1) is 0 Å². The van der Waals surface area contributed by atoms with Crippen molar-refractivity contribution in [2.75, 3.05) is 0 Å². The van der Waals surface area contributed by atoms with Gasteiger partial charge in [-0.25, -0.2) is 0 Å². The molecule has 122 valence electrons. The molecular weight excluding hydrogens is 302 g/mol. The van der Waals surface area contributed by atoms with E-state index in [9.17, 15) is 0 Å². The minimum Gasteiger partial charge on any atom is -0.401 e. The second-order valence-corrected chi connectivity index (χ2v) is 6.44. The van der Waals surface area contributed by atoms with Gasteiger partial charge in [-0.15, -0.1) is 0 Å². The SMILES string of the molecule is NC1=C(c2ccccc2)C=C(c2ccccc2)CC1c1ccccc1. The Morgan fingerprint density at radius 1 is 0.640 bits per heavy atom. The molecule has 25 heavy (non-hydrogen) atoms. The molecule has 0 aromatic heterocycles. The molecule has 1 aliphatic rings. The van der Waals surface area contributed by atoms with Crippen LogP contribution in [0.5, 0.6) is 0 Å². The zero-order valence-corrected chi connectivity index (χ0v) is 14.1. The molecule has 0 radical (unpaired) electrons. The number of rotatable bonds is 3. The Morgan fingerprint density at radius 2 is 1.16 bits per heavy atom. The average molecular weight is 323 g/mol. The third-order valence-electron chi connectivity index (χ3n) is 4.86. The van der Waals surface area contributed by atoms with E-state index in [0.717, 1.165) is 17.7 Å². The van der Waals surface area contributed by atoms with Gasteiger partial charge in [0.25, 0.3) is 0 Å². The molecule has 0 bridgehead atoms. The van der Waals surface area contributed by atoms with E-state index in [0.29, 0.717) is 0 Å². The zero-order valence-electron chi connectivity index (χ0n) is 14.1. The summed E-state index contributed by atoms with van der Waals surface area (Å²) in [6.45, 7) is 0. The Kier molecular flexibility index (Phi) is 4.22. The molecule has 0 aliphatic heterocycles. The number of allylic oxidation sites excluding steroid dienone is 4. The standard InChI is InChI=1S/C24H21N/c25-24-22(19-12-6-2-7-13-19)16-21(18-10-4-1-5-11-18)17-23(24)20-14-8-3-9-15-20/h1-16,23H,17,25H2. The van der Waals surface area contributed by atoms with Gasteiger partial charge in [-0.3, -0.25) is 0 Å². The second-order valence-electron chi connectivity index (χ2n) is 6.44. The summed E-state index contributed by atoms with van der Waals surface area (Å²) in [7, 11) is 0. The fourth-order valence-electron chi connectivity index (χ4n) is 3.54. The second kappa shape index (κ2) is 6.82. The van der Waals surface area contributed by atoms with E-state index in [1.165, 1.54) is 22.3 Å². The third kappa shape index (κ3) is 3.14. The lowest BCUT2D eigenvalue weighted by atomic mass is 9.79. The third-order valence-corrected chi connectivity index (χ3v) is 4.86. The Bertz CT molecular complexity index is 906. The van der Waals surface area contributed by atoms with Crippen LogP contribution in [0.15, 0.2) is 103 Å². The van der Waals surface area contributed by atoms with E-state index in [2.05, 4.69) is 91.0 Å². The first kappa shape index (κ1) is 15.5. The molecule has 0 saturated carbocycles. The largest absolute Gasteiger partial charge is 0.401 e. The van der Waals surface area contributed by atoms with Crippen molar-refractivity contribution < 1.29 is 0 Å². The van der Waals surface area contributed by atoms with Crippen molar-refractivity contribution in [2.24, 2.45) is 5.73 Å². The van der Waals surface area contributed by atoms with E-state index >= 15 is 0 Å². The summed E-state index contributed by atoms with van der Waals surface area (Å²) in [5.41, 5.74) is 13.8. The monoisotopic (exact) mass is 323 g/mol. The molecule has 0 saturated heterocycles. The molecule has 1 atom stereocenters. The zero-order chi connectivity index (χ0) is 17.1. The van der Waals surface area contributed by atoms with Crippen LogP contribution in [-0.4, -0.2) is 0 Å². The Balaban J connectivity index is 1.86. The van der Waals surface area contributed by atoms with Crippen LogP contribution < -0.4 is 5.73 Å². The predicted octanol–water partition coefficient (Wildman–Crippen LogP) is 5.63. The molecule has 1 aliphatic carbocycles. The Hall–Kier alpha value is -3.06. The first-order valence-corrected chi connectivity index (χ1v) is 8.69. The van der Waals surface area contributed by atoms with Crippen molar-refractivity contribution >= 4 is 11.1 Å². The number of benzene rings is 3. The fraction of sp³-hybridized carbons (Fsp3) is 0.0833. The van der Waals surface area contributed by atoms with E-state index in [-0.39, 0.29) is 5.92 Å². The molecule has 0 fully saturated rings. The molecule has 2 N–H and O–H groups in total.